The zero-order valence-electron chi connectivity index (χ0n) is 7.54. The molecule has 0 radical (unpaired) electrons. The molecular weight excluding hydrogens is 210 g/mol. The number of hydrogen-bond donors (Lipinski definition) is 2. The van der Waals surface area contributed by atoms with Crippen LogP contribution in [0.1, 0.15) is 18.0 Å². The lowest BCUT2D eigenvalue weighted by atomic mass is 10.0. The van der Waals surface area contributed by atoms with E-state index < -0.39 is 17.7 Å². The van der Waals surface area contributed by atoms with Crippen LogP contribution in [0.5, 0.6) is 0 Å². The van der Waals surface area contributed by atoms with Crippen molar-refractivity contribution in [2.75, 3.05) is 6.54 Å². The molecule has 1 aromatic carbocycles. The summed E-state index contributed by atoms with van der Waals surface area (Å²) in [4.78, 5) is 0. The van der Waals surface area contributed by atoms with Crippen LogP contribution >= 0.6 is 12.4 Å². The normalized spacial score (nSPS) is 12.0. The molecule has 2 nitrogen and oxygen atoms in total. The Bertz CT molecular complexity index is 274. The van der Waals surface area contributed by atoms with E-state index in [0.29, 0.717) is 13.0 Å². The number of benzene rings is 1. The molecule has 0 bridgehead atoms. The Kier molecular flexibility index (Phi) is 5.60. The van der Waals surface area contributed by atoms with Gasteiger partial charge in [-0.3, -0.25) is 0 Å². The molecule has 0 aromatic heterocycles. The summed E-state index contributed by atoms with van der Waals surface area (Å²) in [5, 5.41) is 0. The van der Waals surface area contributed by atoms with E-state index in [1.54, 1.807) is 0 Å². The predicted octanol–water partition coefficient (Wildman–Crippen LogP) is 1.74. The van der Waals surface area contributed by atoms with E-state index in [4.69, 9.17) is 11.5 Å². The Morgan fingerprint density at radius 1 is 1.21 bits per heavy atom. The molecule has 0 aliphatic rings. The van der Waals surface area contributed by atoms with Gasteiger partial charge in [-0.15, -0.1) is 12.4 Å². The largest absolute Gasteiger partial charge is 0.330 e. The second kappa shape index (κ2) is 5.90. The zero-order chi connectivity index (χ0) is 9.84. The van der Waals surface area contributed by atoms with E-state index in [1.807, 2.05) is 0 Å². The van der Waals surface area contributed by atoms with Gasteiger partial charge in [-0.05, 0) is 25.1 Å². The lowest BCUT2D eigenvalue weighted by molar-refractivity contribution is 0.515. The Morgan fingerprint density at radius 3 is 2.14 bits per heavy atom. The van der Waals surface area contributed by atoms with Crippen molar-refractivity contribution in [3.63, 3.8) is 0 Å². The Morgan fingerprint density at radius 2 is 1.71 bits per heavy atom. The molecule has 14 heavy (non-hydrogen) atoms. The number of rotatable bonds is 3. The first-order valence-corrected chi connectivity index (χ1v) is 4.06. The highest BCUT2D eigenvalue weighted by molar-refractivity contribution is 5.85. The fourth-order valence-corrected chi connectivity index (χ4v) is 1.19. The molecule has 0 fully saturated rings. The van der Waals surface area contributed by atoms with Crippen LogP contribution in [0, 0.1) is 11.6 Å². The van der Waals surface area contributed by atoms with Gasteiger partial charge in [-0.25, -0.2) is 8.78 Å². The molecule has 0 aliphatic heterocycles. The average Bonchev–Trinajstić information content (AvgIpc) is 2.04. The second-order valence-electron chi connectivity index (χ2n) is 2.82. The molecule has 5 heteroatoms. The third-order valence-electron chi connectivity index (χ3n) is 1.85. The first-order valence-electron chi connectivity index (χ1n) is 4.06. The minimum atomic E-state index is -0.661. The molecule has 0 amide bonds. The minimum absolute atomic E-state index is 0. The maximum Gasteiger partial charge on any atom is 0.130 e. The fourth-order valence-electron chi connectivity index (χ4n) is 1.19. The van der Waals surface area contributed by atoms with E-state index in [1.165, 1.54) is 18.2 Å². The first-order chi connectivity index (χ1) is 6.16. The van der Waals surface area contributed by atoms with Crippen molar-refractivity contribution in [3.05, 3.63) is 35.4 Å². The molecule has 1 atom stereocenters. The first kappa shape index (κ1) is 13.3. The van der Waals surface area contributed by atoms with Gasteiger partial charge in [-0.2, -0.15) is 0 Å². The number of halogens is 3. The summed E-state index contributed by atoms with van der Waals surface area (Å²) in [5.41, 5.74) is 10.7. The van der Waals surface area contributed by atoms with Gasteiger partial charge in [0.1, 0.15) is 11.6 Å². The molecular formula is C9H13ClF2N2. The molecule has 1 rings (SSSR count). The van der Waals surface area contributed by atoms with Gasteiger partial charge in [0.05, 0.1) is 0 Å². The predicted molar refractivity (Wildman–Crippen MR) is 54.2 cm³/mol. The van der Waals surface area contributed by atoms with E-state index in [0.717, 1.165) is 0 Å². The van der Waals surface area contributed by atoms with Gasteiger partial charge in [0.25, 0.3) is 0 Å². The molecule has 1 aromatic rings. The molecule has 0 spiro atoms. The zero-order valence-corrected chi connectivity index (χ0v) is 8.36. The highest BCUT2D eigenvalue weighted by Gasteiger charge is 2.14. The van der Waals surface area contributed by atoms with Crippen molar-refractivity contribution in [1.29, 1.82) is 0 Å². The monoisotopic (exact) mass is 222 g/mol. The number of hydrogen-bond acceptors (Lipinski definition) is 2. The van der Waals surface area contributed by atoms with Crippen molar-refractivity contribution >= 4 is 12.4 Å². The van der Waals surface area contributed by atoms with Crippen molar-refractivity contribution in [3.8, 4) is 0 Å². The minimum Gasteiger partial charge on any atom is -0.330 e. The van der Waals surface area contributed by atoms with Gasteiger partial charge in [0.15, 0.2) is 0 Å². The summed E-state index contributed by atoms with van der Waals surface area (Å²) in [6.45, 7) is 0.314. The quantitative estimate of drug-likeness (QED) is 0.819. The SMILES string of the molecule is Cl.NCC[C@@H](N)c1c(F)cccc1F. The molecule has 0 aliphatic carbocycles. The highest BCUT2D eigenvalue weighted by Crippen LogP contribution is 2.20. The standard InChI is InChI=1S/C9H12F2N2.ClH/c10-6-2-1-3-7(11)9(6)8(13)4-5-12;/h1-3,8H,4-5,12-13H2;1H/t8-;/m1./s1. The maximum absolute atomic E-state index is 13.1. The molecule has 0 unspecified atom stereocenters. The summed E-state index contributed by atoms with van der Waals surface area (Å²) in [5.74, 6) is -1.22. The van der Waals surface area contributed by atoms with Crippen LogP contribution in [-0.4, -0.2) is 6.54 Å². The van der Waals surface area contributed by atoms with Crippen LogP contribution in [-0.2, 0) is 0 Å². The van der Waals surface area contributed by atoms with Crippen LogP contribution < -0.4 is 11.5 Å². The Labute approximate surface area is 87.7 Å². The van der Waals surface area contributed by atoms with Gasteiger partial charge in [0.2, 0.25) is 0 Å². The average molecular weight is 223 g/mol. The summed E-state index contributed by atoms with van der Waals surface area (Å²) < 4.78 is 26.1. The molecule has 80 valence electrons. The van der Waals surface area contributed by atoms with Gasteiger partial charge < -0.3 is 11.5 Å². The van der Waals surface area contributed by atoms with Gasteiger partial charge in [-0.1, -0.05) is 6.07 Å². The van der Waals surface area contributed by atoms with E-state index in [9.17, 15) is 8.78 Å². The fraction of sp³-hybridized carbons (Fsp3) is 0.333. The lowest BCUT2D eigenvalue weighted by Crippen LogP contribution is -2.18. The Hall–Kier alpha value is -0.710. The van der Waals surface area contributed by atoms with E-state index in [-0.39, 0.29) is 18.0 Å². The Balaban J connectivity index is 0.00000169. The van der Waals surface area contributed by atoms with Gasteiger partial charge in [0, 0.05) is 11.6 Å². The van der Waals surface area contributed by atoms with Crippen LogP contribution in [0.25, 0.3) is 0 Å². The molecule has 0 heterocycles. The van der Waals surface area contributed by atoms with Crippen molar-refractivity contribution in [1.82, 2.24) is 0 Å². The lowest BCUT2D eigenvalue weighted by Gasteiger charge is -2.12. The third-order valence-corrected chi connectivity index (χ3v) is 1.85. The topological polar surface area (TPSA) is 52.0 Å². The third kappa shape index (κ3) is 2.90. The van der Waals surface area contributed by atoms with E-state index in [2.05, 4.69) is 0 Å². The summed E-state index contributed by atoms with van der Waals surface area (Å²) >= 11 is 0. The highest BCUT2D eigenvalue weighted by atomic mass is 35.5. The molecule has 4 N–H and O–H groups in total. The summed E-state index contributed by atoms with van der Waals surface area (Å²) in [7, 11) is 0. The summed E-state index contributed by atoms with van der Waals surface area (Å²) in [6.07, 6.45) is 0.373. The molecule has 0 saturated carbocycles. The second-order valence-corrected chi connectivity index (χ2v) is 2.82. The number of nitrogens with two attached hydrogens (primary N) is 2. The van der Waals surface area contributed by atoms with Crippen molar-refractivity contribution in [2.24, 2.45) is 11.5 Å². The molecule has 0 saturated heterocycles. The van der Waals surface area contributed by atoms with Crippen LogP contribution in [0.3, 0.4) is 0 Å². The van der Waals surface area contributed by atoms with Gasteiger partial charge >= 0.3 is 0 Å². The van der Waals surface area contributed by atoms with Crippen molar-refractivity contribution in [2.45, 2.75) is 12.5 Å². The van der Waals surface area contributed by atoms with Crippen LogP contribution in [0.4, 0.5) is 8.78 Å². The van der Waals surface area contributed by atoms with Crippen LogP contribution in [0.15, 0.2) is 18.2 Å². The van der Waals surface area contributed by atoms with E-state index >= 15 is 0 Å². The van der Waals surface area contributed by atoms with Crippen LogP contribution in [0.2, 0.25) is 0 Å². The smallest absolute Gasteiger partial charge is 0.130 e. The summed E-state index contributed by atoms with van der Waals surface area (Å²) in [6, 6.07) is 3.03. The van der Waals surface area contributed by atoms with Crippen molar-refractivity contribution < 1.29 is 8.78 Å². The maximum atomic E-state index is 13.1.